The molecule has 0 amide bonds. The third-order valence-electron chi connectivity index (χ3n) is 8.58. The van der Waals surface area contributed by atoms with Crippen LogP contribution in [0.5, 0.6) is 5.75 Å². The Morgan fingerprint density at radius 1 is 1.28 bits per heavy atom. The number of carbonyl (C=O) groups is 1. The lowest BCUT2D eigenvalue weighted by atomic mass is 9.88. The molecule has 184 valence electrons. The van der Waals surface area contributed by atoms with Crippen molar-refractivity contribution in [3.05, 3.63) is 76.2 Å². The molecule has 0 bridgehead atoms. The number of ether oxygens (including phenoxy) is 1. The summed E-state index contributed by atoms with van der Waals surface area (Å²) in [5.74, 6) is 0.987. The van der Waals surface area contributed by atoms with Gasteiger partial charge in [-0.3, -0.25) is 4.79 Å². The fourth-order valence-electron chi connectivity index (χ4n) is 6.43. The van der Waals surface area contributed by atoms with Crippen molar-refractivity contribution in [2.45, 2.75) is 51.7 Å². The second-order valence-corrected chi connectivity index (χ2v) is 10.6. The average Bonchev–Trinajstić information content (AvgIpc) is 3.47. The molecule has 2 aromatic rings. The molecule has 2 N–H and O–H groups in total. The zero-order valence-electron chi connectivity index (χ0n) is 20.8. The molecule has 1 saturated heterocycles. The third kappa shape index (κ3) is 3.39. The number of carbonyl (C=O) groups excluding carboxylic acids is 1. The molecule has 1 atom stereocenters. The minimum Gasteiger partial charge on any atom is -0.493 e. The predicted octanol–water partition coefficient (Wildman–Crippen LogP) is 4.16. The minimum absolute atomic E-state index is 0.158. The van der Waals surface area contributed by atoms with Crippen molar-refractivity contribution in [2.24, 2.45) is 5.92 Å². The SMILES string of the molecule is C=C1C2=C(C=C3c4nc5cc6c(cc5c(CNC5CCNCC5)c4CN13)OCC6)C(C)C(=O)C=CC2. The highest BCUT2D eigenvalue weighted by atomic mass is 16.5. The Hall–Kier alpha value is -3.22. The maximum Gasteiger partial charge on any atom is 0.162 e. The fraction of sp³-hybridized carbons (Fsp3) is 0.400. The number of nitrogens with zero attached hydrogens (tertiary/aromatic N) is 2. The van der Waals surface area contributed by atoms with Crippen molar-refractivity contribution in [3.63, 3.8) is 0 Å². The van der Waals surface area contributed by atoms with E-state index in [2.05, 4.69) is 40.3 Å². The Morgan fingerprint density at radius 3 is 3.00 bits per heavy atom. The lowest BCUT2D eigenvalue weighted by Crippen LogP contribution is -2.39. The van der Waals surface area contributed by atoms with Gasteiger partial charge in [0.25, 0.3) is 0 Å². The quantitative estimate of drug-likeness (QED) is 0.688. The van der Waals surface area contributed by atoms with Gasteiger partial charge in [-0.25, -0.2) is 4.98 Å². The number of piperidine rings is 1. The second kappa shape index (κ2) is 8.43. The number of hydrogen-bond acceptors (Lipinski definition) is 6. The summed E-state index contributed by atoms with van der Waals surface area (Å²) in [6, 6.07) is 4.95. The smallest absolute Gasteiger partial charge is 0.162 e. The molecule has 1 unspecified atom stereocenters. The molecule has 4 aliphatic heterocycles. The van der Waals surface area contributed by atoms with Gasteiger partial charge in [-0.2, -0.15) is 0 Å². The van der Waals surface area contributed by atoms with Crippen LogP contribution in [-0.4, -0.2) is 41.4 Å². The molecule has 0 saturated carbocycles. The van der Waals surface area contributed by atoms with Gasteiger partial charge in [-0.1, -0.05) is 19.6 Å². The highest BCUT2D eigenvalue weighted by Gasteiger charge is 2.37. The Morgan fingerprint density at radius 2 is 2.14 bits per heavy atom. The average molecular weight is 481 g/mol. The lowest BCUT2D eigenvalue weighted by molar-refractivity contribution is -0.116. The van der Waals surface area contributed by atoms with Crippen molar-refractivity contribution in [3.8, 4) is 5.75 Å². The highest BCUT2D eigenvalue weighted by Crippen LogP contribution is 2.47. The molecule has 36 heavy (non-hydrogen) atoms. The molecule has 5 aliphatic rings. The van der Waals surface area contributed by atoms with E-state index in [9.17, 15) is 4.79 Å². The Bertz CT molecular complexity index is 1410. The zero-order chi connectivity index (χ0) is 24.4. The van der Waals surface area contributed by atoms with Crippen molar-refractivity contribution in [2.75, 3.05) is 19.7 Å². The standard InChI is InChI=1S/C30H32N4O2/c1-17-22-13-27-30-25(16-34(27)18(2)21(22)4-3-5-28(17)35)24(15-32-20-6-9-31-10-7-20)23-14-29-19(8-11-36-29)12-26(23)33-30/h3,5,12-14,17,20,31-32H,2,4,6-11,15-16H2,1H3. The van der Waals surface area contributed by atoms with Gasteiger partial charge < -0.3 is 20.3 Å². The van der Waals surface area contributed by atoms with Crippen molar-refractivity contribution >= 4 is 22.4 Å². The molecular formula is C30H32N4O2. The van der Waals surface area contributed by atoms with Crippen LogP contribution >= 0.6 is 0 Å². The molecule has 1 aliphatic carbocycles. The summed E-state index contributed by atoms with van der Waals surface area (Å²) < 4.78 is 5.95. The van der Waals surface area contributed by atoms with E-state index < -0.39 is 0 Å². The molecule has 6 nitrogen and oxygen atoms in total. The van der Waals surface area contributed by atoms with Crippen LogP contribution in [0.4, 0.5) is 0 Å². The van der Waals surface area contributed by atoms with Crippen molar-refractivity contribution < 1.29 is 9.53 Å². The summed E-state index contributed by atoms with van der Waals surface area (Å²) in [7, 11) is 0. The monoisotopic (exact) mass is 480 g/mol. The fourth-order valence-corrected chi connectivity index (χ4v) is 6.43. The van der Waals surface area contributed by atoms with Gasteiger partial charge in [0.2, 0.25) is 0 Å². The maximum absolute atomic E-state index is 12.7. The molecule has 1 aromatic heterocycles. The largest absolute Gasteiger partial charge is 0.493 e. The number of pyridine rings is 1. The topological polar surface area (TPSA) is 66.5 Å². The number of nitrogens with one attached hydrogen (secondary N) is 2. The first-order valence-corrected chi connectivity index (χ1v) is 13.3. The molecular weight excluding hydrogens is 448 g/mol. The third-order valence-corrected chi connectivity index (χ3v) is 8.58. The number of fused-ring (bicyclic) bond motifs is 5. The summed E-state index contributed by atoms with van der Waals surface area (Å²) in [4.78, 5) is 20.2. The Kier molecular flexibility index (Phi) is 5.15. The molecule has 0 spiro atoms. The van der Waals surface area contributed by atoms with Crippen LogP contribution in [0, 0.1) is 5.92 Å². The van der Waals surface area contributed by atoms with E-state index >= 15 is 0 Å². The van der Waals surface area contributed by atoms with Crippen molar-refractivity contribution in [1.82, 2.24) is 20.5 Å². The van der Waals surface area contributed by atoms with E-state index in [1.165, 1.54) is 27.6 Å². The van der Waals surface area contributed by atoms with Gasteiger partial charge in [0.05, 0.1) is 30.1 Å². The van der Waals surface area contributed by atoms with Gasteiger partial charge in [-0.05, 0) is 78.9 Å². The summed E-state index contributed by atoms with van der Waals surface area (Å²) in [5.41, 5.74) is 10.2. The first kappa shape index (κ1) is 22.0. The first-order valence-electron chi connectivity index (χ1n) is 13.3. The maximum atomic E-state index is 12.7. The van der Waals surface area contributed by atoms with Gasteiger partial charge in [0.1, 0.15) is 5.75 Å². The van der Waals surface area contributed by atoms with Crippen LogP contribution in [0.1, 0.15) is 48.6 Å². The van der Waals surface area contributed by atoms with Gasteiger partial charge >= 0.3 is 0 Å². The number of hydrogen-bond donors (Lipinski definition) is 2. The van der Waals surface area contributed by atoms with Gasteiger partial charge in [0.15, 0.2) is 5.78 Å². The van der Waals surface area contributed by atoms with E-state index in [1.807, 2.05) is 13.0 Å². The van der Waals surface area contributed by atoms with Crippen molar-refractivity contribution in [1.29, 1.82) is 0 Å². The Balaban J connectivity index is 1.37. The van der Waals surface area contributed by atoms with E-state index in [0.717, 1.165) is 92.4 Å². The number of ketones is 1. The van der Waals surface area contributed by atoms with Gasteiger partial charge in [-0.15, -0.1) is 0 Å². The zero-order valence-corrected chi connectivity index (χ0v) is 20.8. The molecule has 1 aromatic carbocycles. The Labute approximate surface area is 211 Å². The lowest BCUT2D eigenvalue weighted by Gasteiger charge is -2.31. The molecule has 6 heteroatoms. The van der Waals surface area contributed by atoms with E-state index in [1.54, 1.807) is 6.08 Å². The van der Waals surface area contributed by atoms with E-state index in [-0.39, 0.29) is 11.7 Å². The molecule has 5 heterocycles. The van der Waals surface area contributed by atoms with E-state index in [4.69, 9.17) is 9.72 Å². The minimum atomic E-state index is -0.170. The number of allylic oxidation sites excluding steroid dienone is 5. The van der Waals surface area contributed by atoms with Crippen LogP contribution in [0.15, 0.2) is 53.8 Å². The number of rotatable bonds is 3. The second-order valence-electron chi connectivity index (χ2n) is 10.6. The summed E-state index contributed by atoms with van der Waals surface area (Å²) in [6.45, 7) is 11.0. The summed E-state index contributed by atoms with van der Waals surface area (Å²) in [5, 5.41) is 8.50. The van der Waals surface area contributed by atoms with Crippen LogP contribution in [-0.2, 0) is 24.3 Å². The predicted molar refractivity (Wildman–Crippen MR) is 141 cm³/mol. The van der Waals surface area contributed by atoms with E-state index in [0.29, 0.717) is 6.04 Å². The molecule has 7 rings (SSSR count). The van der Waals surface area contributed by atoms with Crippen LogP contribution < -0.4 is 15.4 Å². The number of benzene rings is 1. The van der Waals surface area contributed by atoms with Crippen LogP contribution in [0.2, 0.25) is 0 Å². The normalized spacial score (nSPS) is 23.3. The first-order chi connectivity index (χ1) is 17.6. The highest BCUT2D eigenvalue weighted by molar-refractivity contribution is 5.96. The number of aromatic nitrogens is 1. The molecule has 0 radical (unpaired) electrons. The van der Waals surface area contributed by atoms with Crippen LogP contribution in [0.3, 0.4) is 0 Å². The summed E-state index contributed by atoms with van der Waals surface area (Å²) >= 11 is 0. The molecule has 1 fully saturated rings. The van der Waals surface area contributed by atoms with Gasteiger partial charge in [0, 0.05) is 41.6 Å². The van der Waals surface area contributed by atoms with Crippen LogP contribution in [0.25, 0.3) is 16.6 Å². The summed E-state index contributed by atoms with van der Waals surface area (Å²) in [6.07, 6.45) is 9.89.